The normalized spacial score (nSPS) is 16.9. The zero-order valence-corrected chi connectivity index (χ0v) is 27.6. The SMILES string of the molecule is Cc1cc(CN2CCN(c3c(Br)cnc4nc(-c5ccc(CN6CCN(C(=O)OC(C)(C)C)CC6)cc5)[nH]c34)CC2)ccn1. The van der Waals surface area contributed by atoms with Crippen LogP contribution in [0.2, 0.25) is 0 Å². The van der Waals surface area contributed by atoms with Crippen molar-refractivity contribution in [1.82, 2.24) is 34.6 Å². The highest BCUT2D eigenvalue weighted by Gasteiger charge is 2.26. The number of hydrogen-bond acceptors (Lipinski definition) is 8. The minimum Gasteiger partial charge on any atom is -0.444 e. The van der Waals surface area contributed by atoms with E-state index >= 15 is 0 Å². The smallest absolute Gasteiger partial charge is 0.410 e. The molecule has 0 unspecified atom stereocenters. The maximum Gasteiger partial charge on any atom is 0.410 e. The molecule has 2 fully saturated rings. The molecule has 3 aromatic heterocycles. The Balaban J connectivity index is 1.08. The first-order valence-electron chi connectivity index (χ1n) is 15.3. The van der Waals surface area contributed by atoms with Gasteiger partial charge in [0.05, 0.1) is 10.2 Å². The summed E-state index contributed by atoms with van der Waals surface area (Å²) in [5.41, 5.74) is 6.96. The summed E-state index contributed by atoms with van der Waals surface area (Å²) in [7, 11) is 0. The Morgan fingerprint density at radius 1 is 0.909 bits per heavy atom. The number of H-pyrrole nitrogens is 1. The number of anilines is 1. The van der Waals surface area contributed by atoms with Gasteiger partial charge in [-0.25, -0.2) is 14.8 Å². The molecule has 0 aliphatic carbocycles. The van der Waals surface area contributed by atoms with Crippen molar-refractivity contribution in [3.05, 3.63) is 70.1 Å². The molecule has 4 aromatic rings. The lowest BCUT2D eigenvalue weighted by molar-refractivity contribution is 0.0139. The van der Waals surface area contributed by atoms with E-state index in [-0.39, 0.29) is 6.09 Å². The Hall–Kier alpha value is -3.54. The molecule has 44 heavy (non-hydrogen) atoms. The Bertz CT molecular complexity index is 1600. The van der Waals surface area contributed by atoms with Crippen LogP contribution in [0.15, 0.2) is 53.3 Å². The second-order valence-corrected chi connectivity index (χ2v) is 13.6. The van der Waals surface area contributed by atoms with E-state index in [1.54, 1.807) is 4.90 Å². The van der Waals surface area contributed by atoms with E-state index < -0.39 is 5.60 Å². The number of carbonyl (C=O) groups is 1. The highest BCUT2D eigenvalue weighted by atomic mass is 79.9. The number of aryl methyl sites for hydroxylation is 1. The van der Waals surface area contributed by atoms with E-state index in [0.29, 0.717) is 13.1 Å². The van der Waals surface area contributed by atoms with Crippen molar-refractivity contribution in [2.45, 2.75) is 46.4 Å². The number of piperazine rings is 2. The summed E-state index contributed by atoms with van der Waals surface area (Å²) in [5.74, 6) is 0.816. The molecule has 11 heteroatoms. The Morgan fingerprint density at radius 3 is 2.23 bits per heavy atom. The molecule has 0 radical (unpaired) electrons. The molecule has 232 valence electrons. The number of amides is 1. The fourth-order valence-corrected chi connectivity index (χ4v) is 6.45. The Morgan fingerprint density at radius 2 is 1.57 bits per heavy atom. The minimum atomic E-state index is -0.472. The van der Waals surface area contributed by atoms with Gasteiger partial charge in [-0.3, -0.25) is 14.8 Å². The number of rotatable bonds is 6. The van der Waals surface area contributed by atoms with Crippen molar-refractivity contribution < 1.29 is 9.53 Å². The first-order valence-corrected chi connectivity index (χ1v) is 16.1. The van der Waals surface area contributed by atoms with E-state index in [1.807, 2.05) is 40.1 Å². The van der Waals surface area contributed by atoms with Gasteiger partial charge in [0.25, 0.3) is 0 Å². The number of fused-ring (bicyclic) bond motifs is 1. The third-order valence-corrected chi connectivity index (χ3v) is 8.74. The van der Waals surface area contributed by atoms with Crippen molar-refractivity contribution in [2.75, 3.05) is 57.3 Å². The molecule has 2 aliphatic heterocycles. The summed E-state index contributed by atoms with van der Waals surface area (Å²) >= 11 is 3.77. The zero-order chi connectivity index (χ0) is 30.8. The summed E-state index contributed by atoms with van der Waals surface area (Å²) in [6, 6.07) is 12.9. The Kier molecular flexibility index (Phi) is 8.89. The van der Waals surface area contributed by atoms with Gasteiger partial charge >= 0.3 is 6.09 Å². The number of halogens is 1. The number of aromatic nitrogens is 4. The van der Waals surface area contributed by atoms with Gasteiger partial charge in [-0.05, 0) is 66.9 Å². The maximum absolute atomic E-state index is 12.4. The number of nitrogens with zero attached hydrogens (tertiary/aromatic N) is 7. The number of carbonyl (C=O) groups excluding carboxylic acids is 1. The standard InChI is InChI=1S/C33H41BrN8O2/c1-23-19-25(9-10-35-23)22-40-11-15-41(16-12-40)29-27(34)20-36-31-28(29)37-30(38-31)26-7-5-24(6-8-26)21-39-13-17-42(18-14-39)32(43)44-33(2,3)4/h5-10,19-20H,11-18,21-22H2,1-4H3,(H,36,37,38). The van der Waals surface area contributed by atoms with E-state index in [9.17, 15) is 4.79 Å². The third kappa shape index (κ3) is 7.22. The second-order valence-electron chi connectivity index (χ2n) is 12.7. The van der Waals surface area contributed by atoms with Gasteiger partial charge in [-0.15, -0.1) is 0 Å². The molecule has 2 aliphatic rings. The lowest BCUT2D eigenvalue weighted by atomic mass is 10.1. The van der Waals surface area contributed by atoms with E-state index in [1.165, 1.54) is 11.1 Å². The van der Waals surface area contributed by atoms with Crippen LogP contribution in [0.5, 0.6) is 0 Å². The molecule has 1 amide bonds. The van der Waals surface area contributed by atoms with Crippen molar-refractivity contribution >= 4 is 38.9 Å². The molecular weight excluding hydrogens is 620 g/mol. The molecule has 2 saturated heterocycles. The molecule has 0 bridgehead atoms. The van der Waals surface area contributed by atoms with Crippen LogP contribution < -0.4 is 4.90 Å². The van der Waals surface area contributed by atoms with Gasteiger partial charge in [0.15, 0.2) is 5.65 Å². The van der Waals surface area contributed by atoms with Crippen molar-refractivity contribution in [2.24, 2.45) is 0 Å². The number of ether oxygens (including phenoxy) is 1. The molecule has 5 heterocycles. The van der Waals surface area contributed by atoms with Gasteiger partial charge in [0.2, 0.25) is 0 Å². The minimum absolute atomic E-state index is 0.227. The average Bonchev–Trinajstić information content (AvgIpc) is 3.42. The molecule has 1 aromatic carbocycles. The topological polar surface area (TPSA) is 93.7 Å². The van der Waals surface area contributed by atoms with Crippen LogP contribution in [0.25, 0.3) is 22.6 Å². The summed E-state index contributed by atoms with van der Waals surface area (Å²) in [5, 5.41) is 0. The van der Waals surface area contributed by atoms with Crippen molar-refractivity contribution in [3.63, 3.8) is 0 Å². The molecule has 0 spiro atoms. The van der Waals surface area contributed by atoms with E-state index in [0.717, 1.165) is 90.8 Å². The molecule has 1 N–H and O–H groups in total. The highest BCUT2D eigenvalue weighted by molar-refractivity contribution is 9.10. The molecular formula is C33H41BrN8O2. The maximum atomic E-state index is 12.4. The number of nitrogens with one attached hydrogen (secondary N) is 1. The molecule has 0 atom stereocenters. The van der Waals surface area contributed by atoms with Crippen LogP contribution >= 0.6 is 15.9 Å². The van der Waals surface area contributed by atoms with Gasteiger partial charge in [0.1, 0.15) is 16.9 Å². The molecule has 0 saturated carbocycles. The van der Waals surface area contributed by atoms with Crippen molar-refractivity contribution in [1.29, 1.82) is 0 Å². The summed E-state index contributed by atoms with van der Waals surface area (Å²) < 4.78 is 6.50. The van der Waals surface area contributed by atoms with E-state index in [4.69, 9.17) is 9.72 Å². The van der Waals surface area contributed by atoms with Crippen LogP contribution in [-0.2, 0) is 17.8 Å². The Labute approximate surface area is 267 Å². The van der Waals surface area contributed by atoms with Gasteiger partial charge in [0, 0.05) is 89.1 Å². The second kappa shape index (κ2) is 12.8. The largest absolute Gasteiger partial charge is 0.444 e. The van der Waals surface area contributed by atoms with Gasteiger partial charge < -0.3 is 19.5 Å². The number of benzene rings is 1. The quantitative estimate of drug-likeness (QED) is 0.291. The van der Waals surface area contributed by atoms with Crippen molar-refractivity contribution in [3.8, 4) is 11.4 Å². The van der Waals surface area contributed by atoms with Crippen LogP contribution in [0, 0.1) is 6.92 Å². The summed E-state index contributed by atoms with van der Waals surface area (Å²) in [6.45, 7) is 16.4. The van der Waals surface area contributed by atoms with Crippen LogP contribution in [0.3, 0.4) is 0 Å². The van der Waals surface area contributed by atoms with E-state index in [2.05, 4.69) is 82.0 Å². The fourth-order valence-electron chi connectivity index (χ4n) is 5.90. The monoisotopic (exact) mass is 660 g/mol. The molecule has 10 nitrogen and oxygen atoms in total. The fraction of sp³-hybridized carbons (Fsp3) is 0.455. The first kappa shape index (κ1) is 30.5. The predicted molar refractivity (Wildman–Crippen MR) is 177 cm³/mol. The number of hydrogen-bond donors (Lipinski definition) is 1. The highest BCUT2D eigenvalue weighted by Crippen LogP contribution is 2.34. The number of pyridine rings is 2. The van der Waals surface area contributed by atoms with Crippen LogP contribution in [0.1, 0.15) is 37.6 Å². The third-order valence-electron chi connectivity index (χ3n) is 8.16. The first-order chi connectivity index (χ1) is 21.1. The number of imidazole rings is 1. The summed E-state index contributed by atoms with van der Waals surface area (Å²) in [4.78, 5) is 38.9. The van der Waals surface area contributed by atoms with Gasteiger partial charge in [-0.1, -0.05) is 24.3 Å². The lowest BCUT2D eigenvalue weighted by Crippen LogP contribution is -2.49. The van der Waals surface area contributed by atoms with Crippen LogP contribution in [0.4, 0.5) is 10.5 Å². The summed E-state index contributed by atoms with van der Waals surface area (Å²) in [6.07, 6.45) is 3.53. The van der Waals surface area contributed by atoms with Gasteiger partial charge in [-0.2, -0.15) is 0 Å². The average molecular weight is 662 g/mol. The predicted octanol–water partition coefficient (Wildman–Crippen LogP) is 5.47. The zero-order valence-electron chi connectivity index (χ0n) is 26.0. The van der Waals surface area contributed by atoms with Crippen LogP contribution in [-0.4, -0.2) is 98.7 Å². The number of aromatic amines is 1. The molecule has 6 rings (SSSR count). The lowest BCUT2D eigenvalue weighted by Gasteiger charge is -2.36.